The van der Waals surface area contributed by atoms with Crippen LogP contribution in [0.25, 0.3) is 0 Å². The standard InChI is InChI=1S/C27H42FNO5/c1-3-5-9-12-21-19-33-27(34-20-21)22-15-16-24(28)23(17-22)18-29-25(30)13-10-7-6-8-11-14-26(31)32-4-2/h15-17,21,27H,3-14,18-20H2,1-2H3,(H,29,30). The summed E-state index contributed by atoms with van der Waals surface area (Å²) in [6.07, 6.45) is 9.54. The molecular weight excluding hydrogens is 437 g/mol. The second-order valence-electron chi connectivity index (χ2n) is 9.06. The van der Waals surface area contributed by atoms with Crippen LogP contribution in [0.2, 0.25) is 0 Å². The van der Waals surface area contributed by atoms with Crippen LogP contribution in [0.4, 0.5) is 4.39 Å². The fraction of sp³-hybridized carbons (Fsp3) is 0.704. The first-order valence-corrected chi connectivity index (χ1v) is 13.0. The van der Waals surface area contributed by atoms with Crippen molar-refractivity contribution in [2.24, 2.45) is 5.92 Å². The largest absolute Gasteiger partial charge is 0.466 e. The molecule has 0 aromatic heterocycles. The molecule has 0 atom stereocenters. The Kier molecular flexibility index (Phi) is 13.8. The highest BCUT2D eigenvalue weighted by Crippen LogP contribution is 2.28. The van der Waals surface area contributed by atoms with Crippen LogP contribution in [0, 0.1) is 11.7 Å². The lowest BCUT2D eigenvalue weighted by atomic mass is 10.0. The van der Waals surface area contributed by atoms with Crippen molar-refractivity contribution in [2.75, 3.05) is 19.8 Å². The molecule has 0 radical (unpaired) electrons. The van der Waals surface area contributed by atoms with Crippen LogP contribution in [0.15, 0.2) is 18.2 Å². The van der Waals surface area contributed by atoms with Crippen molar-refractivity contribution in [2.45, 2.75) is 97.3 Å². The Hall–Kier alpha value is -1.99. The quantitative estimate of drug-likeness (QED) is 0.233. The molecular formula is C27H42FNO5. The zero-order valence-electron chi connectivity index (χ0n) is 20.9. The van der Waals surface area contributed by atoms with Crippen molar-refractivity contribution < 1.29 is 28.2 Å². The second-order valence-corrected chi connectivity index (χ2v) is 9.06. The third kappa shape index (κ3) is 11.0. The third-order valence-corrected chi connectivity index (χ3v) is 6.09. The molecule has 1 saturated heterocycles. The minimum Gasteiger partial charge on any atom is -0.466 e. The zero-order chi connectivity index (χ0) is 24.6. The van der Waals surface area contributed by atoms with E-state index in [2.05, 4.69) is 12.2 Å². The molecule has 0 saturated carbocycles. The lowest BCUT2D eigenvalue weighted by Crippen LogP contribution is -2.27. The molecule has 1 aliphatic rings. The van der Waals surface area contributed by atoms with Gasteiger partial charge in [0.25, 0.3) is 0 Å². The Labute approximate surface area is 203 Å². The Balaban J connectivity index is 1.64. The number of halogens is 1. The van der Waals surface area contributed by atoms with E-state index in [-0.39, 0.29) is 24.2 Å². The number of carbonyl (C=O) groups is 2. The van der Waals surface area contributed by atoms with E-state index < -0.39 is 6.29 Å². The van der Waals surface area contributed by atoms with E-state index >= 15 is 0 Å². The van der Waals surface area contributed by atoms with Gasteiger partial charge in [0, 0.05) is 36.4 Å². The summed E-state index contributed by atoms with van der Waals surface area (Å²) >= 11 is 0. The molecule has 1 aliphatic heterocycles. The van der Waals surface area contributed by atoms with Crippen LogP contribution in [0.5, 0.6) is 0 Å². The maximum atomic E-state index is 14.3. The molecule has 192 valence electrons. The SMILES string of the molecule is CCCCCC1COC(c2ccc(F)c(CNC(=O)CCCCCCCC(=O)OCC)c2)OC1. The van der Waals surface area contributed by atoms with E-state index in [1.165, 1.54) is 25.3 Å². The number of rotatable bonds is 16. The Morgan fingerprint density at radius 2 is 1.71 bits per heavy atom. The molecule has 6 nitrogen and oxygen atoms in total. The Bertz CT molecular complexity index is 734. The maximum Gasteiger partial charge on any atom is 0.305 e. The lowest BCUT2D eigenvalue weighted by molar-refractivity contribution is -0.206. The highest BCUT2D eigenvalue weighted by Gasteiger charge is 2.24. The molecule has 34 heavy (non-hydrogen) atoms. The van der Waals surface area contributed by atoms with Crippen LogP contribution < -0.4 is 5.32 Å². The van der Waals surface area contributed by atoms with Gasteiger partial charge in [-0.1, -0.05) is 51.5 Å². The number of carbonyl (C=O) groups excluding carboxylic acids is 2. The van der Waals surface area contributed by atoms with Gasteiger partial charge < -0.3 is 19.5 Å². The highest BCUT2D eigenvalue weighted by molar-refractivity contribution is 5.75. The fourth-order valence-corrected chi connectivity index (χ4v) is 4.06. The fourth-order valence-electron chi connectivity index (χ4n) is 4.06. The number of ether oxygens (including phenoxy) is 3. The highest BCUT2D eigenvalue weighted by atomic mass is 19.1. The average Bonchev–Trinajstić information content (AvgIpc) is 2.84. The second kappa shape index (κ2) is 16.6. The molecule has 0 aliphatic carbocycles. The summed E-state index contributed by atoms with van der Waals surface area (Å²) < 4.78 is 31.0. The van der Waals surface area contributed by atoms with Gasteiger partial charge in [0.15, 0.2) is 6.29 Å². The predicted octanol–water partition coefficient (Wildman–Crippen LogP) is 5.98. The van der Waals surface area contributed by atoms with Gasteiger partial charge in [-0.05, 0) is 38.3 Å². The lowest BCUT2D eigenvalue weighted by Gasteiger charge is -2.30. The summed E-state index contributed by atoms with van der Waals surface area (Å²) in [6.45, 7) is 5.87. The van der Waals surface area contributed by atoms with Crippen molar-refractivity contribution in [3.05, 3.63) is 35.1 Å². The van der Waals surface area contributed by atoms with E-state index in [0.717, 1.165) is 44.1 Å². The van der Waals surface area contributed by atoms with Gasteiger partial charge in [0.2, 0.25) is 5.91 Å². The number of hydrogen-bond acceptors (Lipinski definition) is 5. The Morgan fingerprint density at radius 1 is 1.00 bits per heavy atom. The van der Waals surface area contributed by atoms with E-state index in [1.54, 1.807) is 19.1 Å². The van der Waals surface area contributed by atoms with Crippen LogP contribution in [0.1, 0.15) is 102 Å². The Morgan fingerprint density at radius 3 is 2.41 bits per heavy atom. The van der Waals surface area contributed by atoms with Gasteiger partial charge in [-0.2, -0.15) is 0 Å². The topological polar surface area (TPSA) is 73.9 Å². The first-order valence-electron chi connectivity index (χ1n) is 13.0. The van der Waals surface area contributed by atoms with Gasteiger partial charge >= 0.3 is 5.97 Å². The summed E-state index contributed by atoms with van der Waals surface area (Å²) in [7, 11) is 0. The first-order chi connectivity index (χ1) is 16.5. The summed E-state index contributed by atoms with van der Waals surface area (Å²) in [4.78, 5) is 23.5. The molecule has 1 aromatic rings. The number of esters is 1. The predicted molar refractivity (Wildman–Crippen MR) is 129 cm³/mol. The molecule has 7 heteroatoms. The van der Waals surface area contributed by atoms with Crippen molar-refractivity contribution >= 4 is 11.9 Å². The smallest absolute Gasteiger partial charge is 0.305 e. The van der Waals surface area contributed by atoms with Crippen LogP contribution in [-0.4, -0.2) is 31.7 Å². The van der Waals surface area contributed by atoms with E-state index in [9.17, 15) is 14.0 Å². The van der Waals surface area contributed by atoms with Crippen molar-refractivity contribution in [3.8, 4) is 0 Å². The van der Waals surface area contributed by atoms with Crippen molar-refractivity contribution in [1.29, 1.82) is 0 Å². The van der Waals surface area contributed by atoms with Crippen molar-refractivity contribution in [1.82, 2.24) is 5.32 Å². The molecule has 1 N–H and O–H groups in total. The zero-order valence-corrected chi connectivity index (χ0v) is 20.9. The average molecular weight is 480 g/mol. The number of amides is 1. The van der Waals surface area contributed by atoms with Crippen LogP contribution >= 0.6 is 0 Å². The van der Waals surface area contributed by atoms with Crippen LogP contribution in [0.3, 0.4) is 0 Å². The summed E-state index contributed by atoms with van der Waals surface area (Å²) in [5, 5.41) is 2.81. The first kappa shape index (κ1) is 28.2. The molecule has 0 bridgehead atoms. The monoisotopic (exact) mass is 479 g/mol. The number of unbranched alkanes of at least 4 members (excludes halogenated alkanes) is 6. The minimum atomic E-state index is -0.485. The summed E-state index contributed by atoms with van der Waals surface area (Å²) in [5.74, 6) is -0.165. The normalized spacial score (nSPS) is 18.0. The third-order valence-electron chi connectivity index (χ3n) is 6.09. The molecule has 2 rings (SSSR count). The number of benzene rings is 1. The van der Waals surface area contributed by atoms with Gasteiger partial charge in [-0.25, -0.2) is 4.39 Å². The van der Waals surface area contributed by atoms with Gasteiger partial charge in [-0.15, -0.1) is 0 Å². The molecule has 1 fully saturated rings. The molecule has 0 spiro atoms. The van der Waals surface area contributed by atoms with E-state index in [4.69, 9.17) is 14.2 Å². The number of nitrogens with one attached hydrogen (secondary N) is 1. The molecule has 1 amide bonds. The summed E-state index contributed by atoms with van der Waals surface area (Å²) in [6, 6.07) is 4.82. The van der Waals surface area contributed by atoms with Gasteiger partial charge in [0.1, 0.15) is 5.82 Å². The number of hydrogen-bond donors (Lipinski definition) is 1. The maximum absolute atomic E-state index is 14.3. The molecule has 1 heterocycles. The minimum absolute atomic E-state index is 0.0867. The molecule has 0 unspecified atom stereocenters. The van der Waals surface area contributed by atoms with E-state index in [0.29, 0.717) is 44.1 Å². The van der Waals surface area contributed by atoms with Crippen LogP contribution in [-0.2, 0) is 30.3 Å². The molecule has 1 aromatic carbocycles. The van der Waals surface area contributed by atoms with E-state index in [1.807, 2.05) is 0 Å². The van der Waals surface area contributed by atoms with Gasteiger partial charge in [0.05, 0.1) is 19.8 Å². The summed E-state index contributed by atoms with van der Waals surface area (Å²) in [5.41, 5.74) is 1.21. The van der Waals surface area contributed by atoms with Crippen molar-refractivity contribution in [3.63, 3.8) is 0 Å². The van der Waals surface area contributed by atoms with Gasteiger partial charge in [-0.3, -0.25) is 9.59 Å².